The molecule has 0 saturated carbocycles. The van der Waals surface area contributed by atoms with Crippen LogP contribution < -0.4 is 15.4 Å². The molecule has 1 aromatic carbocycles. The third kappa shape index (κ3) is 2.21. The van der Waals surface area contributed by atoms with E-state index in [9.17, 15) is 4.79 Å². The molecule has 0 radical (unpaired) electrons. The molecule has 1 amide bonds. The van der Waals surface area contributed by atoms with E-state index in [0.29, 0.717) is 6.61 Å². The van der Waals surface area contributed by atoms with Crippen LogP contribution in [-0.4, -0.2) is 24.6 Å². The lowest BCUT2D eigenvalue weighted by Gasteiger charge is -2.44. The van der Waals surface area contributed by atoms with E-state index in [2.05, 4.69) is 16.7 Å². The van der Waals surface area contributed by atoms with E-state index in [1.165, 1.54) is 0 Å². The largest absolute Gasteiger partial charge is 0.491 e. The maximum Gasteiger partial charge on any atom is 0.217 e. The Labute approximate surface area is 113 Å². The smallest absolute Gasteiger partial charge is 0.217 e. The molecule has 3 rings (SSSR count). The van der Waals surface area contributed by atoms with Crippen LogP contribution in [0.4, 0.5) is 0 Å². The van der Waals surface area contributed by atoms with Gasteiger partial charge >= 0.3 is 0 Å². The number of carbonyl (C=O) groups is 1. The predicted molar refractivity (Wildman–Crippen MR) is 73.1 cm³/mol. The number of fused-ring (bicyclic) bond motifs is 3. The van der Waals surface area contributed by atoms with Crippen molar-refractivity contribution in [3.8, 4) is 5.75 Å². The number of ether oxygens (including phenoxy) is 1. The monoisotopic (exact) mass is 260 g/mol. The van der Waals surface area contributed by atoms with Crippen molar-refractivity contribution in [2.24, 2.45) is 0 Å². The van der Waals surface area contributed by atoms with E-state index in [1.54, 1.807) is 6.92 Å². The number of hydrogen-bond acceptors (Lipinski definition) is 3. The third-order valence-electron chi connectivity index (χ3n) is 4.09. The first-order chi connectivity index (χ1) is 9.21. The Kier molecular flexibility index (Phi) is 3.19. The van der Waals surface area contributed by atoms with Gasteiger partial charge in [0, 0.05) is 12.5 Å². The summed E-state index contributed by atoms with van der Waals surface area (Å²) < 4.78 is 5.90. The highest BCUT2D eigenvalue weighted by Gasteiger charge is 2.45. The van der Waals surface area contributed by atoms with Crippen LogP contribution in [0.2, 0.25) is 0 Å². The number of nitrogens with one attached hydrogen (secondary N) is 2. The van der Waals surface area contributed by atoms with Crippen molar-refractivity contribution < 1.29 is 9.53 Å². The molecule has 0 aliphatic carbocycles. The Bertz CT molecular complexity index is 489. The van der Waals surface area contributed by atoms with Gasteiger partial charge in [0.25, 0.3) is 0 Å². The normalized spacial score (nSPS) is 29.4. The zero-order chi connectivity index (χ0) is 13.3. The molecule has 0 unspecified atom stereocenters. The third-order valence-corrected chi connectivity index (χ3v) is 4.09. The lowest BCUT2D eigenvalue weighted by Crippen LogP contribution is -2.60. The van der Waals surface area contributed by atoms with Crippen molar-refractivity contribution in [3.05, 3.63) is 29.8 Å². The fourth-order valence-corrected chi connectivity index (χ4v) is 3.29. The fourth-order valence-electron chi connectivity index (χ4n) is 3.29. The van der Waals surface area contributed by atoms with Gasteiger partial charge in [0.1, 0.15) is 12.4 Å². The molecular formula is C15H20N2O2. The fraction of sp³-hybridized carbons (Fsp3) is 0.533. The van der Waals surface area contributed by atoms with Crippen LogP contribution in [0.25, 0.3) is 0 Å². The van der Waals surface area contributed by atoms with E-state index in [-0.39, 0.29) is 17.5 Å². The predicted octanol–water partition coefficient (Wildman–Crippen LogP) is 1.77. The lowest BCUT2D eigenvalue weighted by atomic mass is 9.80. The SMILES string of the molecule is CC(=O)N[C@@]12CCCCN[C@@H]1c1ccccc1OC2. The molecule has 0 aromatic heterocycles. The van der Waals surface area contributed by atoms with Gasteiger partial charge in [-0.25, -0.2) is 0 Å². The Hall–Kier alpha value is -1.55. The molecule has 4 nitrogen and oxygen atoms in total. The van der Waals surface area contributed by atoms with Crippen LogP contribution in [0.15, 0.2) is 24.3 Å². The van der Waals surface area contributed by atoms with Gasteiger partial charge in [-0.1, -0.05) is 18.2 Å². The van der Waals surface area contributed by atoms with Gasteiger partial charge in [0.05, 0.1) is 11.6 Å². The van der Waals surface area contributed by atoms with Crippen LogP contribution in [0.1, 0.15) is 37.8 Å². The summed E-state index contributed by atoms with van der Waals surface area (Å²) in [6.45, 7) is 3.11. The molecule has 19 heavy (non-hydrogen) atoms. The molecule has 0 bridgehead atoms. The number of rotatable bonds is 1. The lowest BCUT2D eigenvalue weighted by molar-refractivity contribution is -0.122. The van der Waals surface area contributed by atoms with Gasteiger partial charge in [0.2, 0.25) is 5.91 Å². The van der Waals surface area contributed by atoms with E-state index < -0.39 is 0 Å². The van der Waals surface area contributed by atoms with Crippen molar-refractivity contribution in [2.45, 2.75) is 37.8 Å². The van der Waals surface area contributed by atoms with Crippen molar-refractivity contribution in [2.75, 3.05) is 13.2 Å². The zero-order valence-corrected chi connectivity index (χ0v) is 11.2. The molecule has 0 spiro atoms. The average Bonchev–Trinajstić information content (AvgIpc) is 2.60. The van der Waals surface area contributed by atoms with Gasteiger partial charge in [-0.15, -0.1) is 0 Å². The Balaban J connectivity index is 2.02. The molecule has 4 heteroatoms. The summed E-state index contributed by atoms with van der Waals surface area (Å²) in [6.07, 6.45) is 3.20. The summed E-state index contributed by atoms with van der Waals surface area (Å²) in [6, 6.07) is 8.25. The second-order valence-corrected chi connectivity index (χ2v) is 5.51. The first-order valence-electron chi connectivity index (χ1n) is 6.95. The van der Waals surface area contributed by atoms with Crippen LogP contribution >= 0.6 is 0 Å². The van der Waals surface area contributed by atoms with Gasteiger partial charge in [-0.05, 0) is 31.9 Å². The van der Waals surface area contributed by atoms with Crippen LogP contribution in [0.3, 0.4) is 0 Å². The quantitative estimate of drug-likeness (QED) is 0.809. The van der Waals surface area contributed by atoms with E-state index in [0.717, 1.165) is 37.1 Å². The summed E-state index contributed by atoms with van der Waals surface area (Å²) in [7, 11) is 0. The van der Waals surface area contributed by atoms with Crippen LogP contribution in [0, 0.1) is 0 Å². The maximum atomic E-state index is 11.6. The average molecular weight is 260 g/mol. The minimum absolute atomic E-state index is 0.0108. The highest BCUT2D eigenvalue weighted by molar-refractivity contribution is 5.74. The van der Waals surface area contributed by atoms with Crippen molar-refractivity contribution in [1.82, 2.24) is 10.6 Å². The second kappa shape index (κ2) is 4.85. The first kappa shape index (κ1) is 12.5. The topological polar surface area (TPSA) is 50.4 Å². The van der Waals surface area contributed by atoms with E-state index in [1.807, 2.05) is 18.2 Å². The molecule has 2 aliphatic heterocycles. The number of para-hydroxylation sites is 1. The van der Waals surface area contributed by atoms with Crippen LogP contribution in [-0.2, 0) is 4.79 Å². The summed E-state index contributed by atoms with van der Waals surface area (Å²) in [5.74, 6) is 0.944. The standard InChI is InChI=1S/C15H20N2O2/c1-11(18)17-15-8-4-5-9-16-14(15)12-6-2-3-7-13(12)19-10-15/h2-3,6-7,14,16H,4-5,8-10H2,1H3,(H,17,18)/t14-,15-/m1/s1. The minimum Gasteiger partial charge on any atom is -0.491 e. The summed E-state index contributed by atoms with van der Waals surface area (Å²) in [5, 5.41) is 6.74. The summed E-state index contributed by atoms with van der Waals surface area (Å²) in [5.41, 5.74) is 0.848. The number of amides is 1. The maximum absolute atomic E-state index is 11.6. The molecule has 2 heterocycles. The van der Waals surface area contributed by atoms with Crippen molar-refractivity contribution >= 4 is 5.91 Å². The molecule has 102 valence electrons. The minimum atomic E-state index is -0.309. The highest BCUT2D eigenvalue weighted by Crippen LogP contribution is 2.41. The van der Waals surface area contributed by atoms with Gasteiger partial charge < -0.3 is 15.4 Å². The molecule has 2 aliphatic rings. The number of hydrogen-bond donors (Lipinski definition) is 2. The summed E-state index contributed by atoms with van der Waals surface area (Å²) in [4.78, 5) is 11.6. The highest BCUT2D eigenvalue weighted by atomic mass is 16.5. The zero-order valence-electron chi connectivity index (χ0n) is 11.2. The van der Waals surface area contributed by atoms with Gasteiger partial charge in [-0.2, -0.15) is 0 Å². The van der Waals surface area contributed by atoms with Crippen molar-refractivity contribution in [1.29, 1.82) is 0 Å². The molecule has 2 N–H and O–H groups in total. The first-order valence-corrected chi connectivity index (χ1v) is 6.95. The van der Waals surface area contributed by atoms with Gasteiger partial charge in [0.15, 0.2) is 0 Å². The molecule has 1 fully saturated rings. The molecule has 1 saturated heterocycles. The number of carbonyl (C=O) groups excluding carboxylic acids is 1. The van der Waals surface area contributed by atoms with Crippen molar-refractivity contribution in [3.63, 3.8) is 0 Å². The Morgan fingerprint density at radius 1 is 1.42 bits per heavy atom. The Morgan fingerprint density at radius 3 is 3.11 bits per heavy atom. The van der Waals surface area contributed by atoms with Crippen LogP contribution in [0.5, 0.6) is 5.75 Å². The number of benzene rings is 1. The Morgan fingerprint density at radius 2 is 2.26 bits per heavy atom. The molecular weight excluding hydrogens is 240 g/mol. The summed E-state index contributed by atoms with van der Waals surface area (Å²) >= 11 is 0. The second-order valence-electron chi connectivity index (χ2n) is 5.51. The molecule has 2 atom stereocenters. The molecule has 1 aromatic rings. The van der Waals surface area contributed by atoms with E-state index in [4.69, 9.17) is 4.74 Å². The van der Waals surface area contributed by atoms with Gasteiger partial charge in [-0.3, -0.25) is 4.79 Å². The van der Waals surface area contributed by atoms with E-state index >= 15 is 0 Å².